The van der Waals surface area contributed by atoms with Crippen molar-refractivity contribution < 1.29 is 24.2 Å². The minimum Gasteiger partial charge on any atom is -0.452 e. The van der Waals surface area contributed by atoms with E-state index >= 15 is 0 Å². The van der Waals surface area contributed by atoms with Gasteiger partial charge in [-0.05, 0) is 13.5 Å². The van der Waals surface area contributed by atoms with Crippen LogP contribution in [0.25, 0.3) is 0 Å². The fraction of sp³-hybridized carbons (Fsp3) is 0.882. The molecule has 0 aromatic carbocycles. The average molecular weight is 374 g/mol. The Balaban J connectivity index is 2.73. The lowest BCUT2D eigenvalue weighted by Gasteiger charge is -2.33. The maximum absolute atomic E-state index is 10.5. The number of hydrogen-bond donors (Lipinski definition) is 1. The minimum absolute atomic E-state index is 0.232. The number of hydrogen-bond acceptors (Lipinski definition) is 9. The van der Waals surface area contributed by atoms with Crippen molar-refractivity contribution in [3.8, 4) is 0 Å². The van der Waals surface area contributed by atoms with Gasteiger partial charge >= 0.3 is 0 Å². The third kappa shape index (κ3) is 10.0. The fourth-order valence-corrected chi connectivity index (χ4v) is 2.98. The predicted molar refractivity (Wildman–Crippen MR) is 97.4 cm³/mol. The highest BCUT2D eigenvalue weighted by Gasteiger charge is 2.17. The van der Waals surface area contributed by atoms with Crippen LogP contribution in [0.5, 0.6) is 0 Å². The number of carbonyl (C=O) groups is 2. The Morgan fingerprint density at radius 2 is 1.19 bits per heavy atom. The standard InChI is InChI=1S/C17H34N4O5/c1-3-18-4-6-19(12-17(2)24)7-9-21(14-26-16-23)11-10-20(8-5-18)13-25-15-22/h15-17,24H,3-14H2,1-2H3. The summed E-state index contributed by atoms with van der Waals surface area (Å²) in [5, 5.41) is 9.75. The van der Waals surface area contributed by atoms with Gasteiger partial charge in [-0.3, -0.25) is 24.3 Å². The van der Waals surface area contributed by atoms with E-state index in [4.69, 9.17) is 9.47 Å². The number of aliphatic hydroxyl groups excluding tert-OH is 1. The first-order valence-electron chi connectivity index (χ1n) is 9.27. The zero-order valence-electron chi connectivity index (χ0n) is 16.1. The molecule has 1 rings (SSSR count). The van der Waals surface area contributed by atoms with Gasteiger partial charge in [-0.1, -0.05) is 6.92 Å². The molecule has 1 aliphatic heterocycles. The highest BCUT2D eigenvalue weighted by molar-refractivity contribution is 5.37. The molecule has 0 saturated carbocycles. The van der Waals surface area contributed by atoms with Crippen molar-refractivity contribution in [1.29, 1.82) is 0 Å². The molecule has 0 radical (unpaired) electrons. The lowest BCUT2D eigenvalue weighted by atomic mass is 10.3. The van der Waals surface area contributed by atoms with Crippen LogP contribution in [-0.4, -0.2) is 123 Å². The van der Waals surface area contributed by atoms with E-state index in [-0.39, 0.29) is 19.6 Å². The molecule has 26 heavy (non-hydrogen) atoms. The molecule has 0 spiro atoms. The number of ether oxygens (including phenoxy) is 2. The Labute approximate surface area is 156 Å². The first-order valence-corrected chi connectivity index (χ1v) is 9.27. The van der Waals surface area contributed by atoms with Crippen LogP contribution < -0.4 is 0 Å². The molecule has 0 aliphatic carbocycles. The second kappa shape index (κ2) is 13.9. The molecule has 9 nitrogen and oxygen atoms in total. The monoisotopic (exact) mass is 374 g/mol. The van der Waals surface area contributed by atoms with Crippen LogP contribution in [0.3, 0.4) is 0 Å². The van der Waals surface area contributed by atoms with Gasteiger partial charge in [0.2, 0.25) is 0 Å². The second-order valence-corrected chi connectivity index (χ2v) is 6.60. The van der Waals surface area contributed by atoms with Crippen molar-refractivity contribution in [3.05, 3.63) is 0 Å². The SMILES string of the molecule is CCN1CCN(COC=O)CCN(COC=O)CCN(CC(C)O)CC1. The number of β-amino-alcohol motifs (C(OH)–C–C–N with tert-alkyl or cyclic N) is 1. The zero-order chi connectivity index (χ0) is 19.2. The lowest BCUT2D eigenvalue weighted by Crippen LogP contribution is -2.47. The van der Waals surface area contributed by atoms with E-state index in [1.807, 2.05) is 0 Å². The van der Waals surface area contributed by atoms with Gasteiger partial charge in [0.1, 0.15) is 13.5 Å². The van der Waals surface area contributed by atoms with Crippen molar-refractivity contribution in [1.82, 2.24) is 19.6 Å². The molecule has 9 heteroatoms. The third-order valence-electron chi connectivity index (χ3n) is 4.55. The van der Waals surface area contributed by atoms with E-state index < -0.39 is 0 Å². The highest BCUT2D eigenvalue weighted by Crippen LogP contribution is 2.02. The number of carbonyl (C=O) groups excluding carboxylic acids is 2. The molecule has 1 N–H and O–H groups in total. The van der Waals surface area contributed by atoms with Gasteiger partial charge in [-0.2, -0.15) is 0 Å². The summed E-state index contributed by atoms with van der Waals surface area (Å²) < 4.78 is 9.86. The van der Waals surface area contributed by atoms with Crippen LogP contribution in [-0.2, 0) is 19.1 Å². The van der Waals surface area contributed by atoms with Gasteiger partial charge in [0.05, 0.1) is 6.10 Å². The van der Waals surface area contributed by atoms with Crippen LogP contribution in [0.1, 0.15) is 13.8 Å². The Morgan fingerprint density at radius 1 is 0.808 bits per heavy atom. The minimum atomic E-state index is -0.381. The molecule has 0 amide bonds. The van der Waals surface area contributed by atoms with Gasteiger partial charge in [0.15, 0.2) is 0 Å². The van der Waals surface area contributed by atoms with Gasteiger partial charge in [-0.25, -0.2) is 0 Å². The first kappa shape index (κ1) is 22.8. The topological polar surface area (TPSA) is 85.8 Å². The van der Waals surface area contributed by atoms with Crippen LogP contribution in [0.15, 0.2) is 0 Å². The smallest absolute Gasteiger partial charge is 0.294 e. The molecular formula is C17H34N4O5. The molecule has 1 aliphatic rings. The zero-order valence-corrected chi connectivity index (χ0v) is 16.1. The summed E-state index contributed by atoms with van der Waals surface area (Å²) in [5.41, 5.74) is 0. The van der Waals surface area contributed by atoms with E-state index in [0.717, 1.165) is 45.8 Å². The van der Waals surface area contributed by atoms with Gasteiger partial charge in [-0.15, -0.1) is 0 Å². The van der Waals surface area contributed by atoms with Gasteiger partial charge < -0.3 is 19.5 Å². The lowest BCUT2D eigenvalue weighted by molar-refractivity contribution is -0.135. The van der Waals surface area contributed by atoms with E-state index in [0.29, 0.717) is 32.6 Å². The van der Waals surface area contributed by atoms with Crippen LogP contribution >= 0.6 is 0 Å². The van der Waals surface area contributed by atoms with E-state index in [1.165, 1.54) is 0 Å². The van der Waals surface area contributed by atoms with E-state index in [1.54, 1.807) is 6.92 Å². The Bertz CT molecular complexity index is 386. The Hall–Kier alpha value is -1.26. The maximum Gasteiger partial charge on any atom is 0.294 e. The summed E-state index contributed by atoms with van der Waals surface area (Å²) in [6.07, 6.45) is -0.381. The Kier molecular flexibility index (Phi) is 12.2. The molecule has 1 unspecified atom stereocenters. The molecule has 0 bridgehead atoms. The van der Waals surface area contributed by atoms with Gasteiger partial charge in [0, 0.05) is 58.9 Å². The first-order chi connectivity index (χ1) is 12.6. The number of rotatable bonds is 9. The largest absolute Gasteiger partial charge is 0.452 e. The summed E-state index contributed by atoms with van der Waals surface area (Å²) in [6, 6.07) is 0. The van der Waals surface area contributed by atoms with Crippen molar-refractivity contribution in [2.45, 2.75) is 20.0 Å². The van der Waals surface area contributed by atoms with Crippen molar-refractivity contribution in [2.75, 3.05) is 78.9 Å². The summed E-state index contributed by atoms with van der Waals surface area (Å²) in [6.45, 7) is 13.3. The fourth-order valence-electron chi connectivity index (χ4n) is 2.98. The van der Waals surface area contributed by atoms with Gasteiger partial charge in [0.25, 0.3) is 12.9 Å². The number of aliphatic hydroxyl groups is 1. The molecule has 1 atom stereocenters. The number of likely N-dealkylation sites (N-methyl/N-ethyl adjacent to an activating group) is 1. The quantitative estimate of drug-likeness (QED) is 0.504. The maximum atomic E-state index is 10.5. The molecule has 0 aromatic heterocycles. The molecule has 1 saturated heterocycles. The molecular weight excluding hydrogens is 340 g/mol. The van der Waals surface area contributed by atoms with Crippen LogP contribution in [0, 0.1) is 0 Å². The molecule has 152 valence electrons. The summed E-state index contributed by atoms with van der Waals surface area (Å²) in [4.78, 5) is 29.8. The summed E-state index contributed by atoms with van der Waals surface area (Å²) in [7, 11) is 0. The summed E-state index contributed by atoms with van der Waals surface area (Å²) >= 11 is 0. The van der Waals surface area contributed by atoms with Crippen molar-refractivity contribution in [2.24, 2.45) is 0 Å². The Morgan fingerprint density at radius 3 is 1.54 bits per heavy atom. The second-order valence-electron chi connectivity index (χ2n) is 6.60. The molecule has 1 fully saturated rings. The van der Waals surface area contributed by atoms with Crippen LogP contribution in [0.2, 0.25) is 0 Å². The highest BCUT2D eigenvalue weighted by atomic mass is 16.5. The number of nitrogens with zero attached hydrogens (tertiary/aromatic N) is 4. The van der Waals surface area contributed by atoms with E-state index in [9.17, 15) is 14.7 Å². The third-order valence-corrected chi connectivity index (χ3v) is 4.55. The molecule has 1 heterocycles. The van der Waals surface area contributed by atoms with Crippen LogP contribution in [0.4, 0.5) is 0 Å². The molecule has 0 aromatic rings. The van der Waals surface area contributed by atoms with E-state index in [2.05, 4.69) is 26.5 Å². The summed E-state index contributed by atoms with van der Waals surface area (Å²) in [5.74, 6) is 0. The van der Waals surface area contributed by atoms with Crippen molar-refractivity contribution >= 4 is 12.9 Å². The predicted octanol–water partition coefficient (Wildman–Crippen LogP) is -1.13. The average Bonchev–Trinajstić information content (AvgIpc) is 2.62. The van der Waals surface area contributed by atoms with Crippen molar-refractivity contribution in [3.63, 3.8) is 0 Å². The normalized spacial score (nSPS) is 21.3.